The largest absolute Gasteiger partial charge is 0.508 e. The number of aliphatic hydroxyl groups is 1. The maximum absolute atomic E-state index is 14.0. The molecule has 1 atom stereocenters. The van der Waals surface area contributed by atoms with Gasteiger partial charge in [0.1, 0.15) is 17.3 Å². The number of ketones is 1. The molecule has 1 aliphatic heterocycles. The molecule has 0 bridgehead atoms. The lowest BCUT2D eigenvalue weighted by Crippen LogP contribution is -2.29. The maximum atomic E-state index is 14.0. The van der Waals surface area contributed by atoms with Crippen LogP contribution in [-0.2, 0) is 9.59 Å². The number of hydrogen-bond acceptors (Lipinski definition) is 5. The van der Waals surface area contributed by atoms with Crippen LogP contribution in [0, 0.1) is 11.6 Å². The second kappa shape index (κ2) is 8.55. The van der Waals surface area contributed by atoms with Gasteiger partial charge < -0.3 is 14.9 Å². The van der Waals surface area contributed by atoms with Crippen LogP contribution in [0.2, 0.25) is 5.02 Å². The summed E-state index contributed by atoms with van der Waals surface area (Å²) in [6, 6.07) is 11.5. The summed E-state index contributed by atoms with van der Waals surface area (Å²) in [5.41, 5.74) is -0.0316. The van der Waals surface area contributed by atoms with Crippen molar-refractivity contribution in [3.63, 3.8) is 0 Å². The summed E-state index contributed by atoms with van der Waals surface area (Å²) < 4.78 is 32.6. The number of phenols is 1. The molecule has 0 aliphatic carbocycles. The summed E-state index contributed by atoms with van der Waals surface area (Å²) >= 11 is 6.23. The third-order valence-corrected chi connectivity index (χ3v) is 5.59. The molecular weight excluding hydrogens is 456 g/mol. The minimum atomic E-state index is -1.21. The Morgan fingerprint density at radius 1 is 1.00 bits per heavy atom. The van der Waals surface area contributed by atoms with E-state index in [1.165, 1.54) is 43.5 Å². The van der Waals surface area contributed by atoms with E-state index >= 15 is 0 Å². The van der Waals surface area contributed by atoms with Crippen LogP contribution in [-0.4, -0.2) is 29.0 Å². The Kier molecular flexibility index (Phi) is 5.78. The number of amides is 1. The average molecular weight is 472 g/mol. The van der Waals surface area contributed by atoms with Gasteiger partial charge in [-0.05, 0) is 48.0 Å². The maximum Gasteiger partial charge on any atom is 0.300 e. The quantitative estimate of drug-likeness (QED) is 0.319. The van der Waals surface area contributed by atoms with Crippen molar-refractivity contribution in [2.24, 2.45) is 0 Å². The number of nitrogens with zero attached hydrogens (tertiary/aromatic N) is 1. The molecule has 9 heteroatoms. The van der Waals surface area contributed by atoms with Gasteiger partial charge in [-0.2, -0.15) is 0 Å². The van der Waals surface area contributed by atoms with Crippen molar-refractivity contribution in [3.05, 3.63) is 94.0 Å². The molecule has 0 aromatic heterocycles. The number of Topliss-reactive ketones (excluding diaryl/α,β-unsaturated/α-hetero) is 1. The Bertz CT molecular complexity index is 1310. The second-order valence-electron chi connectivity index (χ2n) is 7.20. The van der Waals surface area contributed by atoms with E-state index in [2.05, 4.69) is 0 Å². The van der Waals surface area contributed by atoms with Crippen molar-refractivity contribution in [2.75, 3.05) is 12.0 Å². The molecule has 168 valence electrons. The predicted octanol–water partition coefficient (Wildman–Crippen LogP) is 4.96. The summed E-state index contributed by atoms with van der Waals surface area (Å²) in [6.45, 7) is 0. The molecule has 6 nitrogen and oxygen atoms in total. The third kappa shape index (κ3) is 3.89. The number of carbonyl (C=O) groups excluding carboxylic acids is 2. The van der Waals surface area contributed by atoms with Gasteiger partial charge in [0.15, 0.2) is 11.6 Å². The van der Waals surface area contributed by atoms with Gasteiger partial charge in [-0.25, -0.2) is 8.78 Å². The Balaban J connectivity index is 1.98. The Morgan fingerprint density at radius 3 is 2.33 bits per heavy atom. The minimum Gasteiger partial charge on any atom is -0.508 e. The van der Waals surface area contributed by atoms with Gasteiger partial charge in [-0.3, -0.25) is 14.5 Å². The number of methoxy groups -OCH3 is 1. The molecule has 1 unspecified atom stereocenters. The number of anilines is 1. The van der Waals surface area contributed by atoms with Crippen molar-refractivity contribution in [3.8, 4) is 11.5 Å². The molecule has 1 amide bonds. The number of aromatic hydroxyl groups is 1. The molecule has 3 aromatic rings. The van der Waals surface area contributed by atoms with Crippen molar-refractivity contribution in [1.29, 1.82) is 0 Å². The van der Waals surface area contributed by atoms with Gasteiger partial charge in [0.25, 0.3) is 11.7 Å². The fraction of sp³-hybridized carbons (Fsp3) is 0.0833. The van der Waals surface area contributed by atoms with Crippen molar-refractivity contribution in [1.82, 2.24) is 0 Å². The molecule has 1 heterocycles. The van der Waals surface area contributed by atoms with Crippen molar-refractivity contribution >= 4 is 34.7 Å². The van der Waals surface area contributed by atoms with Crippen LogP contribution >= 0.6 is 11.6 Å². The Labute approximate surface area is 191 Å². The molecule has 3 aromatic carbocycles. The van der Waals surface area contributed by atoms with E-state index in [-0.39, 0.29) is 27.6 Å². The smallest absolute Gasteiger partial charge is 0.300 e. The Hall–Kier alpha value is -3.91. The first-order chi connectivity index (χ1) is 15.7. The number of benzene rings is 3. The average Bonchev–Trinajstić information content (AvgIpc) is 3.06. The van der Waals surface area contributed by atoms with Crippen LogP contribution in [0.4, 0.5) is 14.5 Å². The molecule has 1 aliphatic rings. The highest BCUT2D eigenvalue weighted by atomic mass is 35.5. The van der Waals surface area contributed by atoms with E-state index in [1.807, 2.05) is 0 Å². The van der Waals surface area contributed by atoms with Crippen LogP contribution in [0.3, 0.4) is 0 Å². The monoisotopic (exact) mass is 471 g/mol. The Morgan fingerprint density at radius 2 is 1.70 bits per heavy atom. The summed E-state index contributed by atoms with van der Waals surface area (Å²) in [5.74, 6) is -4.74. The number of halogens is 3. The van der Waals surface area contributed by atoms with Crippen molar-refractivity contribution < 1.29 is 33.3 Å². The molecule has 1 fully saturated rings. The van der Waals surface area contributed by atoms with Crippen LogP contribution in [0.25, 0.3) is 5.76 Å². The first kappa shape index (κ1) is 22.3. The lowest BCUT2D eigenvalue weighted by molar-refractivity contribution is -0.132. The normalized spacial score (nSPS) is 17.5. The number of carbonyl (C=O) groups is 2. The second-order valence-corrected chi connectivity index (χ2v) is 7.61. The fourth-order valence-electron chi connectivity index (χ4n) is 3.66. The molecule has 33 heavy (non-hydrogen) atoms. The zero-order valence-electron chi connectivity index (χ0n) is 17.1. The predicted molar refractivity (Wildman–Crippen MR) is 117 cm³/mol. The molecular formula is C24H16ClF2NO5. The van der Waals surface area contributed by atoms with Gasteiger partial charge >= 0.3 is 0 Å². The van der Waals surface area contributed by atoms with Gasteiger partial charge in [0.2, 0.25) is 0 Å². The molecule has 0 saturated carbocycles. The number of ether oxygens (including phenoxy) is 1. The molecule has 1 saturated heterocycles. The number of phenolic OH excluding ortho intramolecular Hbond substituents is 1. The number of aliphatic hydroxyl groups excluding tert-OH is 1. The standard InChI is InChI=1S/C24H16ClF2NO5/c1-33-15-7-8-17(25)16(11-15)22(30)20-21(12-2-5-14(29)6-3-12)28(24(32)23(20)31)13-4-9-18(26)19(27)10-13/h2-11,21,29-30H,1H3/b22-20+. The lowest BCUT2D eigenvalue weighted by atomic mass is 9.95. The summed E-state index contributed by atoms with van der Waals surface area (Å²) in [4.78, 5) is 27.0. The van der Waals surface area contributed by atoms with Gasteiger partial charge in [0, 0.05) is 17.3 Å². The van der Waals surface area contributed by atoms with Gasteiger partial charge in [-0.15, -0.1) is 0 Å². The van der Waals surface area contributed by atoms with Gasteiger partial charge in [0.05, 0.1) is 23.7 Å². The third-order valence-electron chi connectivity index (χ3n) is 5.26. The fourth-order valence-corrected chi connectivity index (χ4v) is 3.87. The van der Waals surface area contributed by atoms with E-state index < -0.39 is 35.1 Å². The SMILES string of the molecule is COc1ccc(Cl)c(/C(O)=C2\C(=O)C(=O)N(c3ccc(F)c(F)c3)C2c2ccc(O)cc2)c1. The topological polar surface area (TPSA) is 87.1 Å². The van der Waals surface area contributed by atoms with E-state index in [0.717, 1.165) is 23.1 Å². The summed E-state index contributed by atoms with van der Waals surface area (Å²) in [5, 5.41) is 20.9. The minimum absolute atomic E-state index is 0.0445. The van der Waals surface area contributed by atoms with Crippen LogP contribution in [0.15, 0.2) is 66.2 Å². The van der Waals surface area contributed by atoms with E-state index in [1.54, 1.807) is 6.07 Å². The van der Waals surface area contributed by atoms with Crippen LogP contribution < -0.4 is 9.64 Å². The van der Waals surface area contributed by atoms with Gasteiger partial charge in [-0.1, -0.05) is 23.7 Å². The molecule has 0 radical (unpaired) electrons. The molecule has 4 rings (SSSR count). The molecule has 2 N–H and O–H groups in total. The van der Waals surface area contributed by atoms with E-state index in [0.29, 0.717) is 11.3 Å². The zero-order valence-corrected chi connectivity index (χ0v) is 17.8. The highest BCUT2D eigenvalue weighted by molar-refractivity contribution is 6.52. The first-order valence-electron chi connectivity index (χ1n) is 9.61. The zero-order chi connectivity index (χ0) is 23.9. The van der Waals surface area contributed by atoms with E-state index in [4.69, 9.17) is 16.3 Å². The number of hydrogen-bond donors (Lipinski definition) is 2. The summed E-state index contributed by atoms with van der Waals surface area (Å²) in [7, 11) is 1.41. The van der Waals surface area contributed by atoms with Crippen LogP contribution in [0.1, 0.15) is 17.2 Å². The highest BCUT2D eigenvalue weighted by Crippen LogP contribution is 2.43. The highest BCUT2D eigenvalue weighted by Gasteiger charge is 2.47. The number of rotatable bonds is 4. The summed E-state index contributed by atoms with van der Waals surface area (Å²) in [6.07, 6.45) is 0. The lowest BCUT2D eigenvalue weighted by Gasteiger charge is -2.25. The van der Waals surface area contributed by atoms with E-state index in [9.17, 15) is 28.6 Å². The first-order valence-corrected chi connectivity index (χ1v) is 9.99. The van der Waals surface area contributed by atoms with Crippen LogP contribution in [0.5, 0.6) is 11.5 Å². The van der Waals surface area contributed by atoms with Crippen molar-refractivity contribution in [2.45, 2.75) is 6.04 Å². The molecule has 0 spiro atoms.